The van der Waals surface area contributed by atoms with Crippen LogP contribution in [0, 0.1) is 6.92 Å². The Morgan fingerprint density at radius 2 is 2.11 bits per heavy atom. The number of nitrogens with two attached hydrogens (primary N) is 1. The molecule has 3 atom stereocenters. The molecule has 18 heavy (non-hydrogen) atoms. The molecule has 1 aromatic carbocycles. The zero-order valence-electron chi connectivity index (χ0n) is 10.3. The summed E-state index contributed by atoms with van der Waals surface area (Å²) in [7, 11) is 8.01. The lowest BCUT2D eigenvalue weighted by Gasteiger charge is -2.08. The molecule has 1 heterocycles. The Morgan fingerprint density at radius 3 is 2.72 bits per heavy atom. The third-order valence-corrected chi connectivity index (χ3v) is 3.87. The summed E-state index contributed by atoms with van der Waals surface area (Å²) in [5, 5.41) is 1.20. The molecule has 0 saturated heterocycles. The number of aryl methyl sites for hydroxylation is 1. The van der Waals surface area contributed by atoms with E-state index in [2.05, 4.69) is 45.6 Å². The van der Waals surface area contributed by atoms with Crippen molar-refractivity contribution in [3.8, 4) is 5.75 Å². The fourth-order valence-corrected chi connectivity index (χ4v) is 2.93. The lowest BCUT2D eigenvalue weighted by molar-refractivity contribution is 0.335. The van der Waals surface area contributed by atoms with Gasteiger partial charge in [-0.05, 0) is 46.0 Å². The molecule has 0 amide bonds. The second kappa shape index (κ2) is 5.82. The molecule has 1 aromatic heterocycles. The minimum Gasteiger partial charge on any atom is -0.411 e. The number of rotatable bonds is 4. The number of aromatic nitrogens is 1. The second-order valence-corrected chi connectivity index (χ2v) is 6.78. The number of hydrogen-bond acceptors (Lipinski definition) is 3. The van der Waals surface area contributed by atoms with Crippen LogP contribution in [0.3, 0.4) is 0 Å². The van der Waals surface area contributed by atoms with Crippen LogP contribution in [0.2, 0.25) is 0 Å². The van der Waals surface area contributed by atoms with Crippen LogP contribution in [-0.2, 0) is 6.42 Å². The van der Waals surface area contributed by atoms with Gasteiger partial charge in [0.1, 0.15) is 5.75 Å². The summed E-state index contributed by atoms with van der Waals surface area (Å²) >= 11 is 0. The molecular formula is C11H18N3OP3. The number of nitrogens with zero attached hydrogens (tertiary/aromatic N) is 2. The van der Waals surface area contributed by atoms with Gasteiger partial charge in [0.2, 0.25) is 0 Å². The highest BCUT2D eigenvalue weighted by molar-refractivity contribution is 7.30. The van der Waals surface area contributed by atoms with Gasteiger partial charge >= 0.3 is 0 Å². The van der Waals surface area contributed by atoms with E-state index in [1.165, 1.54) is 16.5 Å². The van der Waals surface area contributed by atoms with Crippen LogP contribution >= 0.6 is 28.2 Å². The number of benzene rings is 1. The van der Waals surface area contributed by atoms with Crippen molar-refractivity contribution in [1.29, 1.82) is 0 Å². The van der Waals surface area contributed by atoms with Gasteiger partial charge in [-0.15, -0.1) is 0 Å². The summed E-state index contributed by atoms with van der Waals surface area (Å²) in [4.78, 5) is 4.86. The molecule has 0 aliphatic carbocycles. The molecule has 7 heteroatoms. The molecule has 3 unspecified atom stereocenters. The standard InChI is InChI=1S/C11H18N3OP3/c1-7-4-9(15-12)5-10-8(2-3-14(17)18)6-13(16)11(7)10/h4-6H,2-3,12,16-18H2,1H3. The lowest BCUT2D eigenvalue weighted by atomic mass is 10.1. The van der Waals surface area contributed by atoms with Gasteiger partial charge in [0.05, 0.1) is 5.52 Å². The van der Waals surface area contributed by atoms with Crippen molar-refractivity contribution < 1.29 is 4.84 Å². The van der Waals surface area contributed by atoms with Crippen LogP contribution in [0.1, 0.15) is 11.1 Å². The van der Waals surface area contributed by atoms with Gasteiger partial charge in [-0.1, -0.05) is 18.8 Å². The Labute approximate surface area is 114 Å². The van der Waals surface area contributed by atoms with E-state index < -0.39 is 0 Å². The largest absolute Gasteiger partial charge is 0.411 e. The summed E-state index contributed by atoms with van der Waals surface area (Å²) < 4.78 is 4.10. The van der Waals surface area contributed by atoms with Crippen molar-refractivity contribution in [2.45, 2.75) is 13.3 Å². The predicted octanol–water partition coefficient (Wildman–Crippen LogP) is 2.27. The number of fused-ring (bicyclic) bond motifs is 1. The van der Waals surface area contributed by atoms with Crippen LogP contribution in [-0.4, -0.2) is 15.3 Å². The van der Waals surface area contributed by atoms with Crippen LogP contribution in [0.15, 0.2) is 18.3 Å². The Balaban J connectivity index is 2.50. The first-order chi connectivity index (χ1) is 8.52. The van der Waals surface area contributed by atoms with E-state index in [1.54, 1.807) is 0 Å². The van der Waals surface area contributed by atoms with Gasteiger partial charge in [-0.3, -0.25) is 4.44 Å². The van der Waals surface area contributed by atoms with E-state index >= 15 is 0 Å². The predicted molar refractivity (Wildman–Crippen MR) is 86.4 cm³/mol. The Morgan fingerprint density at radius 1 is 1.39 bits per heavy atom. The molecule has 0 fully saturated rings. The first kappa shape index (κ1) is 14.2. The van der Waals surface area contributed by atoms with Crippen LogP contribution in [0.4, 0.5) is 0 Å². The fraction of sp³-hybridized carbons (Fsp3) is 0.273. The van der Waals surface area contributed by atoms with E-state index in [4.69, 9.17) is 10.7 Å². The summed E-state index contributed by atoms with van der Waals surface area (Å²) in [6.45, 7) is 3.01. The minimum atomic E-state index is 0.700. The molecule has 2 N–H and O–H groups in total. The number of hydrogen-bond donors (Lipinski definition) is 1. The van der Waals surface area contributed by atoms with E-state index in [9.17, 15) is 0 Å². The summed E-state index contributed by atoms with van der Waals surface area (Å²) in [5.74, 6) is 5.96. The quantitative estimate of drug-likeness (QED) is 0.696. The zero-order valence-corrected chi connectivity index (χ0v) is 13.7. The molecule has 4 nitrogen and oxygen atoms in total. The first-order valence-electron chi connectivity index (χ1n) is 5.56. The monoisotopic (exact) mass is 301 g/mol. The van der Waals surface area contributed by atoms with E-state index in [1.807, 2.05) is 16.6 Å². The van der Waals surface area contributed by atoms with Crippen LogP contribution in [0.5, 0.6) is 5.75 Å². The third-order valence-electron chi connectivity index (χ3n) is 2.95. The van der Waals surface area contributed by atoms with E-state index in [-0.39, 0.29) is 0 Å². The van der Waals surface area contributed by atoms with Crippen molar-refractivity contribution in [2.75, 3.05) is 6.54 Å². The van der Waals surface area contributed by atoms with Crippen molar-refractivity contribution >= 4 is 39.1 Å². The average molecular weight is 301 g/mol. The second-order valence-electron chi connectivity index (χ2n) is 4.30. The summed E-state index contributed by atoms with van der Waals surface area (Å²) in [6.07, 6.45) is 3.11. The van der Waals surface area contributed by atoms with Gasteiger partial charge in [0.25, 0.3) is 0 Å². The Hall–Kier alpha value is -0.230. The molecule has 0 spiro atoms. The lowest BCUT2D eigenvalue weighted by Crippen LogP contribution is -2.03. The van der Waals surface area contributed by atoms with Gasteiger partial charge in [-0.2, -0.15) is 5.90 Å². The minimum absolute atomic E-state index is 0.700. The van der Waals surface area contributed by atoms with E-state index in [0.717, 1.165) is 18.5 Å². The topological polar surface area (TPSA) is 43.4 Å². The van der Waals surface area contributed by atoms with Crippen LogP contribution in [0.25, 0.3) is 10.9 Å². The zero-order chi connectivity index (χ0) is 13.3. The fourth-order valence-electron chi connectivity index (χ4n) is 2.15. The van der Waals surface area contributed by atoms with Crippen molar-refractivity contribution in [3.05, 3.63) is 29.5 Å². The van der Waals surface area contributed by atoms with Crippen molar-refractivity contribution in [1.82, 2.24) is 8.78 Å². The molecule has 0 saturated carbocycles. The molecule has 0 radical (unpaired) electrons. The van der Waals surface area contributed by atoms with Crippen LogP contribution < -0.4 is 10.7 Å². The van der Waals surface area contributed by atoms with Gasteiger partial charge < -0.3 is 9.18 Å². The first-order valence-corrected chi connectivity index (χ1v) is 7.11. The molecule has 0 aliphatic rings. The smallest absolute Gasteiger partial charge is 0.147 e. The summed E-state index contributed by atoms with van der Waals surface area (Å²) in [5.41, 5.74) is 3.65. The van der Waals surface area contributed by atoms with Gasteiger partial charge in [0.15, 0.2) is 0 Å². The molecule has 0 aliphatic heterocycles. The highest BCUT2D eigenvalue weighted by Gasteiger charge is 2.11. The Bertz CT molecular complexity index is 568. The molecular weight excluding hydrogens is 283 g/mol. The average Bonchev–Trinajstić information content (AvgIpc) is 2.63. The van der Waals surface area contributed by atoms with Crippen molar-refractivity contribution in [3.63, 3.8) is 0 Å². The third kappa shape index (κ3) is 2.85. The molecule has 2 aromatic rings. The Kier molecular flexibility index (Phi) is 4.59. The van der Waals surface area contributed by atoms with Crippen molar-refractivity contribution in [2.24, 2.45) is 5.90 Å². The molecule has 98 valence electrons. The molecule has 2 rings (SSSR count). The maximum atomic E-state index is 5.26. The van der Waals surface area contributed by atoms with Gasteiger partial charge in [0, 0.05) is 18.1 Å². The maximum absolute atomic E-state index is 5.26. The van der Waals surface area contributed by atoms with E-state index in [0.29, 0.717) is 5.75 Å². The highest BCUT2D eigenvalue weighted by Crippen LogP contribution is 2.31. The van der Waals surface area contributed by atoms with Gasteiger partial charge in [-0.25, -0.2) is 0 Å². The normalized spacial score (nSPS) is 11.4. The SMILES string of the molecule is Cc1cc(ON)cc2c(CCN(P)P)cn(P)c12. The highest BCUT2D eigenvalue weighted by atomic mass is 31.1. The summed E-state index contributed by atoms with van der Waals surface area (Å²) in [6, 6.07) is 3.94. The maximum Gasteiger partial charge on any atom is 0.147 e. The molecule has 0 bridgehead atoms.